The van der Waals surface area contributed by atoms with Crippen molar-refractivity contribution in [1.29, 1.82) is 0 Å². The van der Waals surface area contributed by atoms with Crippen LogP contribution in [-0.2, 0) is 0 Å². The zero-order valence-electron chi connectivity index (χ0n) is 11.8. The van der Waals surface area contributed by atoms with E-state index in [1.807, 2.05) is 12.1 Å². The number of hydrogen-bond acceptors (Lipinski definition) is 4. The van der Waals surface area contributed by atoms with Crippen molar-refractivity contribution in [1.82, 2.24) is 10.3 Å². The molecule has 0 aliphatic heterocycles. The predicted octanol–water partition coefficient (Wildman–Crippen LogP) is 2.51. The summed E-state index contributed by atoms with van der Waals surface area (Å²) in [5, 5.41) is 12.2. The number of aromatic nitrogens is 1. The van der Waals surface area contributed by atoms with Crippen LogP contribution < -0.4 is 10.1 Å². The molecule has 0 radical (unpaired) electrons. The van der Waals surface area contributed by atoms with Crippen LogP contribution in [0.2, 0.25) is 0 Å². The highest BCUT2D eigenvalue weighted by atomic mass is 16.5. The minimum absolute atomic E-state index is 0.210. The Morgan fingerprint density at radius 3 is 2.81 bits per heavy atom. The Labute approximate surface area is 123 Å². The van der Waals surface area contributed by atoms with Gasteiger partial charge in [0.2, 0.25) is 0 Å². The number of hydrogen-bond donors (Lipinski definition) is 2. The summed E-state index contributed by atoms with van der Waals surface area (Å²) in [7, 11) is 0. The molecule has 5 heteroatoms. The van der Waals surface area contributed by atoms with Gasteiger partial charge in [-0.25, -0.2) is 4.79 Å². The van der Waals surface area contributed by atoms with E-state index in [1.54, 1.807) is 30.6 Å². The van der Waals surface area contributed by atoms with Gasteiger partial charge in [-0.1, -0.05) is 6.07 Å². The van der Waals surface area contributed by atoms with E-state index in [4.69, 9.17) is 9.84 Å². The van der Waals surface area contributed by atoms with Gasteiger partial charge in [0, 0.05) is 25.0 Å². The van der Waals surface area contributed by atoms with Crippen LogP contribution in [0.1, 0.15) is 28.9 Å². The van der Waals surface area contributed by atoms with Gasteiger partial charge in [-0.2, -0.15) is 0 Å². The zero-order chi connectivity index (χ0) is 15.1. The lowest BCUT2D eigenvalue weighted by Gasteiger charge is -2.14. The number of pyridine rings is 1. The van der Waals surface area contributed by atoms with Crippen LogP contribution in [0.5, 0.6) is 5.75 Å². The van der Waals surface area contributed by atoms with Crippen molar-refractivity contribution in [3.8, 4) is 5.75 Å². The fourth-order valence-electron chi connectivity index (χ4n) is 1.93. The average molecular weight is 286 g/mol. The average Bonchev–Trinajstić information content (AvgIpc) is 2.52. The Balaban J connectivity index is 1.77. The van der Waals surface area contributed by atoms with Crippen LogP contribution in [0.4, 0.5) is 0 Å². The van der Waals surface area contributed by atoms with Gasteiger partial charge in [0.25, 0.3) is 0 Å². The van der Waals surface area contributed by atoms with Crippen molar-refractivity contribution < 1.29 is 14.6 Å². The quantitative estimate of drug-likeness (QED) is 0.765. The number of benzene rings is 1. The molecule has 0 aliphatic rings. The summed E-state index contributed by atoms with van der Waals surface area (Å²) in [5.74, 6) is -0.391. The minimum atomic E-state index is -0.954. The van der Waals surface area contributed by atoms with E-state index in [0.29, 0.717) is 18.9 Å². The van der Waals surface area contributed by atoms with Crippen LogP contribution in [0.15, 0.2) is 48.8 Å². The lowest BCUT2D eigenvalue weighted by Crippen LogP contribution is -2.24. The fraction of sp³-hybridized carbons (Fsp3) is 0.250. The molecular formula is C16H18N2O3. The maximum Gasteiger partial charge on any atom is 0.335 e. The first-order valence-electron chi connectivity index (χ1n) is 6.76. The summed E-state index contributed by atoms with van der Waals surface area (Å²) in [5.41, 5.74) is 1.39. The van der Waals surface area contributed by atoms with Crippen molar-refractivity contribution >= 4 is 5.97 Å². The molecule has 2 aromatic rings. The highest BCUT2D eigenvalue weighted by Gasteiger charge is 2.05. The normalized spacial score (nSPS) is 11.9. The fourth-order valence-corrected chi connectivity index (χ4v) is 1.93. The molecule has 2 N–H and O–H groups in total. The van der Waals surface area contributed by atoms with E-state index in [9.17, 15) is 4.79 Å². The van der Waals surface area contributed by atoms with Crippen molar-refractivity contribution in [3.05, 3.63) is 59.9 Å². The standard InChI is InChI=1S/C16H18N2O3/c1-12(13-5-7-17-8-6-13)18-9-10-21-15-4-2-3-14(11-15)16(19)20/h2-8,11-12,18H,9-10H2,1H3,(H,19,20)/t12-/m1/s1. The van der Waals surface area contributed by atoms with Gasteiger partial charge in [0.1, 0.15) is 12.4 Å². The number of aromatic carboxylic acids is 1. The molecule has 0 aliphatic carbocycles. The van der Waals surface area contributed by atoms with E-state index in [2.05, 4.69) is 17.2 Å². The van der Waals surface area contributed by atoms with Crippen molar-refractivity contribution in [3.63, 3.8) is 0 Å². The molecule has 5 nitrogen and oxygen atoms in total. The second kappa shape index (κ2) is 7.40. The van der Waals surface area contributed by atoms with E-state index >= 15 is 0 Å². The molecule has 2 rings (SSSR count). The monoisotopic (exact) mass is 286 g/mol. The predicted molar refractivity (Wildman–Crippen MR) is 79.6 cm³/mol. The molecule has 0 saturated heterocycles. The van der Waals surface area contributed by atoms with Gasteiger partial charge in [-0.3, -0.25) is 4.98 Å². The Bertz CT molecular complexity index is 587. The van der Waals surface area contributed by atoms with E-state index < -0.39 is 5.97 Å². The molecule has 1 aromatic heterocycles. The third-order valence-corrected chi connectivity index (χ3v) is 3.11. The molecule has 1 atom stereocenters. The van der Waals surface area contributed by atoms with Gasteiger partial charge >= 0.3 is 5.97 Å². The first-order chi connectivity index (χ1) is 10.2. The molecule has 0 amide bonds. The first-order valence-corrected chi connectivity index (χ1v) is 6.76. The van der Waals surface area contributed by atoms with E-state index in [-0.39, 0.29) is 11.6 Å². The van der Waals surface area contributed by atoms with E-state index in [0.717, 1.165) is 5.56 Å². The van der Waals surface area contributed by atoms with Crippen molar-refractivity contribution in [2.75, 3.05) is 13.2 Å². The highest BCUT2D eigenvalue weighted by molar-refractivity contribution is 5.87. The molecule has 0 bridgehead atoms. The second-order valence-electron chi connectivity index (χ2n) is 4.64. The Kier molecular flexibility index (Phi) is 5.29. The lowest BCUT2D eigenvalue weighted by atomic mass is 10.1. The number of nitrogens with one attached hydrogen (secondary N) is 1. The van der Waals surface area contributed by atoms with Crippen LogP contribution in [0, 0.1) is 0 Å². The van der Waals surface area contributed by atoms with Gasteiger partial charge in [0.05, 0.1) is 5.56 Å². The number of carboxylic acid groups (broad SMARTS) is 1. The second-order valence-corrected chi connectivity index (χ2v) is 4.64. The largest absolute Gasteiger partial charge is 0.492 e. The Hall–Kier alpha value is -2.40. The number of rotatable bonds is 7. The Morgan fingerprint density at radius 2 is 2.10 bits per heavy atom. The van der Waals surface area contributed by atoms with Gasteiger partial charge in [0.15, 0.2) is 0 Å². The SMILES string of the molecule is C[C@@H](NCCOc1cccc(C(=O)O)c1)c1ccncc1. The Morgan fingerprint density at radius 1 is 1.33 bits per heavy atom. The number of carboxylic acids is 1. The molecule has 0 spiro atoms. The first kappa shape index (κ1) is 15.0. The van der Waals surface area contributed by atoms with Crippen molar-refractivity contribution in [2.24, 2.45) is 0 Å². The summed E-state index contributed by atoms with van der Waals surface area (Å²) < 4.78 is 5.54. The molecule has 0 unspecified atom stereocenters. The maximum absolute atomic E-state index is 10.9. The molecular weight excluding hydrogens is 268 g/mol. The smallest absolute Gasteiger partial charge is 0.335 e. The lowest BCUT2D eigenvalue weighted by molar-refractivity contribution is 0.0696. The molecule has 21 heavy (non-hydrogen) atoms. The summed E-state index contributed by atoms with van der Waals surface area (Å²) >= 11 is 0. The molecule has 110 valence electrons. The zero-order valence-corrected chi connectivity index (χ0v) is 11.8. The van der Waals surface area contributed by atoms with E-state index in [1.165, 1.54) is 6.07 Å². The molecule has 0 fully saturated rings. The topological polar surface area (TPSA) is 71.5 Å². The molecule has 0 saturated carbocycles. The van der Waals surface area contributed by atoms with Crippen LogP contribution >= 0.6 is 0 Å². The molecule has 1 heterocycles. The van der Waals surface area contributed by atoms with Gasteiger partial charge in [-0.05, 0) is 42.8 Å². The third-order valence-electron chi connectivity index (χ3n) is 3.11. The van der Waals surface area contributed by atoms with Crippen LogP contribution in [0.25, 0.3) is 0 Å². The summed E-state index contributed by atoms with van der Waals surface area (Å²) in [6.07, 6.45) is 3.53. The van der Waals surface area contributed by atoms with Crippen LogP contribution in [0.3, 0.4) is 0 Å². The van der Waals surface area contributed by atoms with Gasteiger partial charge < -0.3 is 15.2 Å². The molecule has 1 aromatic carbocycles. The minimum Gasteiger partial charge on any atom is -0.492 e. The van der Waals surface area contributed by atoms with Gasteiger partial charge in [-0.15, -0.1) is 0 Å². The number of carbonyl (C=O) groups is 1. The number of ether oxygens (including phenoxy) is 1. The number of nitrogens with zero attached hydrogens (tertiary/aromatic N) is 1. The maximum atomic E-state index is 10.9. The summed E-state index contributed by atoms with van der Waals surface area (Å²) in [6.45, 7) is 3.21. The third kappa shape index (κ3) is 4.57. The highest BCUT2D eigenvalue weighted by Crippen LogP contribution is 2.13. The van der Waals surface area contributed by atoms with Crippen molar-refractivity contribution in [2.45, 2.75) is 13.0 Å². The summed E-state index contributed by atoms with van der Waals surface area (Å²) in [6, 6.07) is 10.6. The van der Waals surface area contributed by atoms with Crippen LogP contribution in [-0.4, -0.2) is 29.2 Å². The summed E-state index contributed by atoms with van der Waals surface area (Å²) in [4.78, 5) is 14.8.